The minimum atomic E-state index is -0.512. The van der Waals surface area contributed by atoms with E-state index < -0.39 is 5.60 Å². The van der Waals surface area contributed by atoms with E-state index in [1.165, 1.54) is 6.39 Å². The monoisotopic (exact) mass is 281 g/mol. The maximum absolute atomic E-state index is 11.9. The zero-order valence-corrected chi connectivity index (χ0v) is 12.1. The Morgan fingerprint density at radius 3 is 2.60 bits per heavy atom. The topological polar surface area (TPSA) is 84.7 Å². The molecule has 1 N–H and O–H groups in total. The van der Waals surface area contributed by atoms with E-state index in [0.717, 1.165) is 0 Å². The van der Waals surface area contributed by atoms with Gasteiger partial charge >= 0.3 is 6.09 Å². The number of aryl methyl sites for hydroxylation is 1. The summed E-state index contributed by atoms with van der Waals surface area (Å²) in [5.41, 5.74) is 0.0355. The number of oxazole rings is 1. The first-order valence-electron chi connectivity index (χ1n) is 6.45. The zero-order chi connectivity index (χ0) is 14.9. The van der Waals surface area contributed by atoms with Gasteiger partial charge in [-0.2, -0.15) is 0 Å². The standard InChI is InChI=1S/C13H19N3O4/c1-8-10(19-7-14-8)11(17)15-9-5-16(6-9)12(18)20-13(2,3)4/h7,9H,5-6H2,1-4H3,(H,15,17). The lowest BCUT2D eigenvalue weighted by Gasteiger charge is -2.39. The molecule has 0 spiro atoms. The summed E-state index contributed by atoms with van der Waals surface area (Å²) in [6.07, 6.45) is 0.872. The van der Waals surface area contributed by atoms with E-state index in [1.54, 1.807) is 11.8 Å². The molecule has 2 rings (SSSR count). The fraction of sp³-hybridized carbons (Fsp3) is 0.615. The van der Waals surface area contributed by atoms with Crippen LogP contribution in [0.3, 0.4) is 0 Å². The van der Waals surface area contributed by atoms with Crippen LogP contribution < -0.4 is 5.32 Å². The molecule has 2 amide bonds. The summed E-state index contributed by atoms with van der Waals surface area (Å²) >= 11 is 0. The van der Waals surface area contributed by atoms with E-state index in [2.05, 4.69) is 10.3 Å². The summed E-state index contributed by atoms with van der Waals surface area (Å²) < 4.78 is 10.2. The van der Waals surface area contributed by atoms with Gasteiger partial charge in [-0.15, -0.1) is 0 Å². The van der Waals surface area contributed by atoms with Crippen LogP contribution >= 0.6 is 0 Å². The first-order chi connectivity index (χ1) is 9.26. The second kappa shape index (κ2) is 5.15. The molecule has 1 aliphatic heterocycles. The van der Waals surface area contributed by atoms with E-state index in [9.17, 15) is 9.59 Å². The Morgan fingerprint density at radius 2 is 2.10 bits per heavy atom. The molecule has 0 radical (unpaired) electrons. The number of likely N-dealkylation sites (tertiary alicyclic amines) is 1. The highest BCUT2D eigenvalue weighted by atomic mass is 16.6. The summed E-state index contributed by atoms with van der Waals surface area (Å²) in [6.45, 7) is 8.03. The number of hydrogen-bond acceptors (Lipinski definition) is 5. The van der Waals surface area contributed by atoms with Crippen LogP contribution in [0.15, 0.2) is 10.8 Å². The number of carbonyl (C=O) groups is 2. The van der Waals surface area contributed by atoms with E-state index in [0.29, 0.717) is 18.8 Å². The maximum Gasteiger partial charge on any atom is 0.410 e. The van der Waals surface area contributed by atoms with Gasteiger partial charge in [0.1, 0.15) is 5.60 Å². The van der Waals surface area contributed by atoms with Crippen LogP contribution in [0.2, 0.25) is 0 Å². The average molecular weight is 281 g/mol. The molecule has 0 aromatic carbocycles. The summed E-state index contributed by atoms with van der Waals surface area (Å²) in [7, 11) is 0. The molecular weight excluding hydrogens is 262 g/mol. The number of carbonyl (C=O) groups excluding carboxylic acids is 2. The third kappa shape index (κ3) is 3.28. The van der Waals surface area contributed by atoms with Gasteiger partial charge in [0.25, 0.3) is 5.91 Å². The van der Waals surface area contributed by atoms with Crippen LogP contribution in [-0.2, 0) is 4.74 Å². The Kier molecular flexibility index (Phi) is 3.69. The number of hydrogen-bond donors (Lipinski definition) is 1. The van der Waals surface area contributed by atoms with Gasteiger partial charge in [-0.3, -0.25) is 4.79 Å². The van der Waals surface area contributed by atoms with Crippen LogP contribution in [0.5, 0.6) is 0 Å². The molecule has 0 aliphatic carbocycles. The molecule has 1 aliphatic rings. The molecule has 0 saturated carbocycles. The quantitative estimate of drug-likeness (QED) is 0.884. The van der Waals surface area contributed by atoms with Gasteiger partial charge in [0.05, 0.1) is 11.7 Å². The van der Waals surface area contributed by atoms with E-state index in [1.807, 2.05) is 20.8 Å². The lowest BCUT2D eigenvalue weighted by atomic mass is 10.1. The molecule has 7 heteroatoms. The molecule has 2 heterocycles. The third-order valence-electron chi connectivity index (χ3n) is 2.82. The zero-order valence-electron chi connectivity index (χ0n) is 12.1. The molecule has 20 heavy (non-hydrogen) atoms. The first-order valence-corrected chi connectivity index (χ1v) is 6.45. The van der Waals surface area contributed by atoms with Crippen LogP contribution in [0.4, 0.5) is 4.79 Å². The predicted octanol–water partition coefficient (Wildman–Crippen LogP) is 1.33. The van der Waals surface area contributed by atoms with Crippen molar-refractivity contribution >= 4 is 12.0 Å². The van der Waals surface area contributed by atoms with Gasteiger partial charge in [-0.1, -0.05) is 0 Å². The predicted molar refractivity (Wildman–Crippen MR) is 70.3 cm³/mol. The van der Waals surface area contributed by atoms with Crippen LogP contribution in [0.25, 0.3) is 0 Å². The van der Waals surface area contributed by atoms with Gasteiger partial charge in [-0.25, -0.2) is 9.78 Å². The molecule has 0 unspecified atom stereocenters. The Morgan fingerprint density at radius 1 is 1.45 bits per heavy atom. The van der Waals surface area contributed by atoms with Crippen molar-refractivity contribution in [2.45, 2.75) is 39.3 Å². The molecule has 1 aromatic rings. The molecule has 0 bridgehead atoms. The van der Waals surface area contributed by atoms with Crippen molar-refractivity contribution in [2.24, 2.45) is 0 Å². The fourth-order valence-electron chi connectivity index (χ4n) is 1.82. The summed E-state index contributed by atoms with van der Waals surface area (Å²) in [6, 6.07) is -0.0838. The van der Waals surface area contributed by atoms with Crippen LogP contribution in [0.1, 0.15) is 37.0 Å². The Balaban J connectivity index is 1.79. The van der Waals surface area contributed by atoms with E-state index in [4.69, 9.17) is 9.15 Å². The minimum absolute atomic E-state index is 0.0838. The van der Waals surface area contributed by atoms with Crippen LogP contribution in [0, 0.1) is 6.92 Å². The third-order valence-corrected chi connectivity index (χ3v) is 2.82. The molecule has 7 nitrogen and oxygen atoms in total. The number of rotatable bonds is 2. The summed E-state index contributed by atoms with van der Waals surface area (Å²) in [5.74, 6) is -0.102. The highest BCUT2D eigenvalue weighted by Gasteiger charge is 2.35. The molecular formula is C13H19N3O4. The van der Waals surface area contributed by atoms with Crippen molar-refractivity contribution < 1.29 is 18.7 Å². The Labute approximate surface area is 117 Å². The fourth-order valence-corrected chi connectivity index (χ4v) is 1.82. The number of nitrogens with zero attached hydrogens (tertiary/aromatic N) is 2. The highest BCUT2D eigenvalue weighted by molar-refractivity contribution is 5.92. The Bertz CT molecular complexity index is 512. The van der Waals surface area contributed by atoms with Crippen molar-refractivity contribution in [3.8, 4) is 0 Å². The van der Waals surface area contributed by atoms with Crippen molar-refractivity contribution in [2.75, 3.05) is 13.1 Å². The van der Waals surface area contributed by atoms with Gasteiger partial charge in [0.15, 0.2) is 6.39 Å². The smallest absolute Gasteiger partial charge is 0.410 e. The second-order valence-corrected chi connectivity index (χ2v) is 5.82. The molecule has 1 saturated heterocycles. The summed E-state index contributed by atoms with van der Waals surface area (Å²) in [5, 5.41) is 2.79. The van der Waals surface area contributed by atoms with Crippen molar-refractivity contribution in [3.05, 3.63) is 17.8 Å². The maximum atomic E-state index is 11.9. The first kappa shape index (κ1) is 14.4. The highest BCUT2D eigenvalue weighted by Crippen LogP contribution is 2.16. The summed E-state index contributed by atoms with van der Waals surface area (Å²) in [4.78, 5) is 29.0. The van der Waals surface area contributed by atoms with E-state index in [-0.39, 0.29) is 23.8 Å². The normalized spacial score (nSPS) is 15.7. The van der Waals surface area contributed by atoms with Crippen molar-refractivity contribution in [3.63, 3.8) is 0 Å². The van der Waals surface area contributed by atoms with E-state index >= 15 is 0 Å². The lowest BCUT2D eigenvalue weighted by molar-refractivity contribution is 0.00521. The second-order valence-electron chi connectivity index (χ2n) is 5.82. The SMILES string of the molecule is Cc1ncoc1C(=O)NC1CN(C(=O)OC(C)(C)C)C1. The number of amides is 2. The molecule has 0 atom stereocenters. The number of nitrogens with one attached hydrogen (secondary N) is 1. The molecule has 110 valence electrons. The van der Waals surface area contributed by atoms with Crippen molar-refractivity contribution in [1.82, 2.24) is 15.2 Å². The lowest BCUT2D eigenvalue weighted by Crippen LogP contribution is -2.61. The number of ether oxygens (including phenoxy) is 1. The average Bonchev–Trinajstić information content (AvgIpc) is 2.66. The van der Waals surface area contributed by atoms with Crippen LogP contribution in [-0.4, -0.2) is 46.6 Å². The van der Waals surface area contributed by atoms with Gasteiger partial charge in [-0.05, 0) is 27.7 Å². The van der Waals surface area contributed by atoms with Gasteiger partial charge in [0, 0.05) is 13.1 Å². The van der Waals surface area contributed by atoms with Gasteiger partial charge < -0.3 is 19.4 Å². The minimum Gasteiger partial charge on any atom is -0.444 e. The largest absolute Gasteiger partial charge is 0.444 e. The van der Waals surface area contributed by atoms with Gasteiger partial charge in [0.2, 0.25) is 5.76 Å². The Hall–Kier alpha value is -2.05. The number of aromatic nitrogens is 1. The molecule has 1 aromatic heterocycles. The van der Waals surface area contributed by atoms with Crippen molar-refractivity contribution in [1.29, 1.82) is 0 Å². The molecule has 1 fully saturated rings.